The Bertz CT molecular complexity index is 1230. The minimum Gasteiger partial charge on any atom is -0.490 e. The molecule has 2 saturated heterocycles. The van der Waals surface area contributed by atoms with Gasteiger partial charge >= 0.3 is 5.97 Å². The van der Waals surface area contributed by atoms with E-state index < -0.39 is 0 Å². The number of carbonyl (C=O) groups excluding carboxylic acids is 2. The van der Waals surface area contributed by atoms with E-state index in [2.05, 4.69) is 4.90 Å². The lowest BCUT2D eigenvalue weighted by molar-refractivity contribution is 0.0359. The fourth-order valence-electron chi connectivity index (χ4n) is 5.25. The standard InChI is InChI=1S/C30H30ClNO4S/c1-2-35-30(34)22-11-15-25(16-12-22)36-26-17-23-13-14-24(18-26)32(23)29(33)21-9-7-20(8-10-21)19-37-28-6-4-3-5-27(28)31/h3-12,15-16,23-24,26H,2,13-14,17-19H2,1H3/t23-,24+,26?. The Morgan fingerprint density at radius 3 is 2.22 bits per heavy atom. The lowest BCUT2D eigenvalue weighted by Gasteiger charge is -2.39. The Kier molecular flexibility index (Phi) is 8.06. The Balaban J connectivity index is 1.17. The van der Waals surface area contributed by atoms with Crippen LogP contribution in [0.3, 0.4) is 0 Å². The van der Waals surface area contributed by atoms with Crippen molar-refractivity contribution in [3.8, 4) is 5.75 Å². The third-order valence-corrected chi connectivity index (χ3v) is 8.61. The Hall–Kier alpha value is -2.96. The van der Waals surface area contributed by atoms with E-state index in [0.717, 1.165) is 58.2 Å². The highest BCUT2D eigenvalue weighted by molar-refractivity contribution is 7.98. The maximum Gasteiger partial charge on any atom is 0.338 e. The average Bonchev–Trinajstić information content (AvgIpc) is 3.18. The lowest BCUT2D eigenvalue weighted by atomic mass is 9.98. The molecule has 0 spiro atoms. The molecule has 1 amide bonds. The highest BCUT2D eigenvalue weighted by atomic mass is 35.5. The summed E-state index contributed by atoms with van der Waals surface area (Å²) in [5, 5.41) is 0.760. The molecule has 0 aromatic heterocycles. The quantitative estimate of drug-likeness (QED) is 0.229. The Morgan fingerprint density at radius 2 is 1.57 bits per heavy atom. The summed E-state index contributed by atoms with van der Waals surface area (Å²) in [6.45, 7) is 2.14. The molecular weight excluding hydrogens is 506 g/mol. The second kappa shape index (κ2) is 11.6. The molecule has 2 fully saturated rings. The van der Waals surface area contributed by atoms with E-state index in [1.54, 1.807) is 30.8 Å². The van der Waals surface area contributed by atoms with Gasteiger partial charge in [-0.15, -0.1) is 11.8 Å². The summed E-state index contributed by atoms with van der Waals surface area (Å²) in [5.74, 6) is 1.32. The normalized spacial score (nSPS) is 20.5. The van der Waals surface area contributed by atoms with E-state index in [1.165, 1.54) is 0 Å². The van der Waals surface area contributed by atoms with Crippen LogP contribution in [0.25, 0.3) is 0 Å². The van der Waals surface area contributed by atoms with Crippen molar-refractivity contribution < 1.29 is 19.1 Å². The van der Waals surface area contributed by atoms with Crippen LogP contribution in [-0.2, 0) is 10.5 Å². The van der Waals surface area contributed by atoms with Gasteiger partial charge in [-0.2, -0.15) is 0 Å². The smallest absolute Gasteiger partial charge is 0.338 e. The van der Waals surface area contributed by atoms with Crippen LogP contribution in [0.4, 0.5) is 0 Å². The van der Waals surface area contributed by atoms with Crippen LogP contribution >= 0.6 is 23.4 Å². The maximum atomic E-state index is 13.4. The molecule has 37 heavy (non-hydrogen) atoms. The van der Waals surface area contributed by atoms with Gasteiger partial charge in [0.1, 0.15) is 11.9 Å². The number of amides is 1. The number of hydrogen-bond acceptors (Lipinski definition) is 5. The number of nitrogens with zero attached hydrogens (tertiary/aromatic N) is 1. The predicted octanol–water partition coefficient (Wildman–Crippen LogP) is 7.02. The summed E-state index contributed by atoms with van der Waals surface area (Å²) in [6.07, 6.45) is 3.69. The minimum absolute atomic E-state index is 0.0548. The number of carbonyl (C=O) groups is 2. The number of fused-ring (bicyclic) bond motifs is 2. The number of benzene rings is 3. The zero-order valence-corrected chi connectivity index (χ0v) is 22.3. The van der Waals surface area contributed by atoms with E-state index in [0.29, 0.717) is 12.2 Å². The van der Waals surface area contributed by atoms with Gasteiger partial charge in [0.25, 0.3) is 5.91 Å². The summed E-state index contributed by atoms with van der Waals surface area (Å²) >= 11 is 7.96. The summed E-state index contributed by atoms with van der Waals surface area (Å²) in [5.41, 5.74) is 2.41. The van der Waals surface area contributed by atoms with Crippen LogP contribution in [-0.4, -0.2) is 41.6 Å². The second-order valence-corrected chi connectivity index (χ2v) is 10.9. The molecule has 0 saturated carbocycles. The van der Waals surface area contributed by atoms with Gasteiger partial charge < -0.3 is 14.4 Å². The van der Waals surface area contributed by atoms with Crippen molar-refractivity contribution in [2.75, 3.05) is 6.61 Å². The van der Waals surface area contributed by atoms with Gasteiger partial charge in [-0.05, 0) is 73.9 Å². The fraction of sp³-hybridized carbons (Fsp3) is 0.333. The molecule has 0 N–H and O–H groups in total. The molecular formula is C30H30ClNO4S. The number of ether oxygens (including phenoxy) is 2. The fourth-order valence-corrected chi connectivity index (χ4v) is 6.44. The van der Waals surface area contributed by atoms with Crippen molar-refractivity contribution in [2.45, 2.75) is 61.4 Å². The summed E-state index contributed by atoms with van der Waals surface area (Å²) in [7, 11) is 0. The van der Waals surface area contributed by atoms with Gasteiger partial charge in [0.15, 0.2) is 0 Å². The van der Waals surface area contributed by atoms with E-state index in [1.807, 2.05) is 60.7 Å². The molecule has 2 bridgehead atoms. The van der Waals surface area contributed by atoms with Crippen molar-refractivity contribution in [1.82, 2.24) is 4.90 Å². The van der Waals surface area contributed by atoms with E-state index in [-0.39, 0.29) is 30.1 Å². The maximum absolute atomic E-state index is 13.4. The van der Waals surface area contributed by atoms with Gasteiger partial charge in [0, 0.05) is 41.1 Å². The van der Waals surface area contributed by atoms with E-state index in [4.69, 9.17) is 21.1 Å². The molecule has 192 valence electrons. The Labute approximate surface area is 227 Å². The highest BCUT2D eigenvalue weighted by Gasteiger charge is 2.44. The van der Waals surface area contributed by atoms with Crippen molar-refractivity contribution in [1.29, 1.82) is 0 Å². The third-order valence-electron chi connectivity index (χ3n) is 7.02. The molecule has 5 nitrogen and oxygen atoms in total. The number of hydrogen-bond donors (Lipinski definition) is 0. The van der Waals surface area contributed by atoms with Crippen molar-refractivity contribution in [3.63, 3.8) is 0 Å². The van der Waals surface area contributed by atoms with Crippen LogP contribution in [0.5, 0.6) is 5.75 Å². The first kappa shape index (κ1) is 25.7. The number of rotatable bonds is 8. The predicted molar refractivity (Wildman–Crippen MR) is 146 cm³/mol. The van der Waals surface area contributed by atoms with Crippen LogP contribution in [0.15, 0.2) is 77.7 Å². The first-order chi connectivity index (χ1) is 18.0. The topological polar surface area (TPSA) is 55.8 Å². The summed E-state index contributed by atoms with van der Waals surface area (Å²) in [6, 6.07) is 23.3. The van der Waals surface area contributed by atoms with Crippen molar-refractivity contribution >= 4 is 35.2 Å². The van der Waals surface area contributed by atoms with Crippen LogP contribution < -0.4 is 4.74 Å². The second-order valence-electron chi connectivity index (χ2n) is 9.47. The van der Waals surface area contributed by atoms with Gasteiger partial charge in [0.05, 0.1) is 17.2 Å². The number of piperidine rings is 1. The molecule has 2 aliphatic rings. The number of halogens is 1. The minimum atomic E-state index is -0.328. The van der Waals surface area contributed by atoms with Gasteiger partial charge in [-0.25, -0.2) is 4.79 Å². The monoisotopic (exact) mass is 535 g/mol. The zero-order chi connectivity index (χ0) is 25.8. The molecule has 7 heteroatoms. The number of thioether (sulfide) groups is 1. The van der Waals surface area contributed by atoms with Crippen LogP contribution in [0, 0.1) is 0 Å². The van der Waals surface area contributed by atoms with Crippen LogP contribution in [0.1, 0.15) is 58.9 Å². The van der Waals surface area contributed by atoms with E-state index >= 15 is 0 Å². The first-order valence-electron chi connectivity index (χ1n) is 12.7. The van der Waals surface area contributed by atoms with Gasteiger partial charge in [-0.3, -0.25) is 4.79 Å². The highest BCUT2D eigenvalue weighted by Crippen LogP contribution is 2.38. The largest absolute Gasteiger partial charge is 0.490 e. The molecule has 2 heterocycles. The lowest BCUT2D eigenvalue weighted by Crippen LogP contribution is -2.49. The molecule has 3 atom stereocenters. The molecule has 1 unspecified atom stereocenters. The molecule has 3 aromatic carbocycles. The number of esters is 1. The zero-order valence-electron chi connectivity index (χ0n) is 20.8. The first-order valence-corrected chi connectivity index (χ1v) is 14.1. The van der Waals surface area contributed by atoms with Gasteiger partial charge in [-0.1, -0.05) is 35.9 Å². The Morgan fingerprint density at radius 1 is 0.919 bits per heavy atom. The molecule has 5 rings (SSSR count). The average molecular weight is 536 g/mol. The third kappa shape index (κ3) is 5.97. The summed E-state index contributed by atoms with van der Waals surface area (Å²) in [4.78, 5) is 28.4. The van der Waals surface area contributed by atoms with E-state index in [9.17, 15) is 9.59 Å². The van der Waals surface area contributed by atoms with Gasteiger partial charge in [0.2, 0.25) is 0 Å². The molecule has 3 aromatic rings. The van der Waals surface area contributed by atoms with Crippen LogP contribution in [0.2, 0.25) is 5.02 Å². The van der Waals surface area contributed by atoms with Crippen molar-refractivity contribution in [3.05, 3.63) is 94.5 Å². The molecule has 0 aliphatic carbocycles. The molecule has 2 aliphatic heterocycles. The van der Waals surface area contributed by atoms with Crippen molar-refractivity contribution in [2.24, 2.45) is 0 Å². The SMILES string of the molecule is CCOC(=O)c1ccc(OC2C[C@H]3CC[C@@H](C2)N3C(=O)c2ccc(CSc3ccccc3Cl)cc2)cc1. The molecule has 0 radical (unpaired) electrons. The summed E-state index contributed by atoms with van der Waals surface area (Å²) < 4.78 is 11.3.